The summed E-state index contributed by atoms with van der Waals surface area (Å²) in [6.07, 6.45) is 11.0. The standard InChI is InChI=1S/C31H31FN8S/c1-5-33-12-20-7-22(15-34-13-20)23-10-26-30(39-40-31(26)36-16-23)28-11-25-27(17-35-18-29(25)38-28)21-6-19(8-24(32)9-21)14-37-41(2,3)4/h6-11,13,15-18,33,37-38H,2-3,5,12,14H2,1,4H3,(H,36,39,40). The zero-order valence-electron chi connectivity index (χ0n) is 23.0. The third-order valence-electron chi connectivity index (χ3n) is 6.83. The van der Waals surface area contributed by atoms with E-state index >= 15 is 0 Å². The van der Waals surface area contributed by atoms with Crippen LogP contribution in [0.3, 0.4) is 0 Å². The predicted octanol–water partition coefficient (Wildman–Crippen LogP) is 5.78. The molecule has 0 saturated carbocycles. The summed E-state index contributed by atoms with van der Waals surface area (Å²) >= 11 is 0. The van der Waals surface area contributed by atoms with Crippen molar-refractivity contribution in [3.05, 3.63) is 84.3 Å². The number of nitrogens with one attached hydrogen (secondary N) is 4. The molecule has 0 amide bonds. The summed E-state index contributed by atoms with van der Waals surface area (Å²) in [6.45, 7) is 4.21. The molecule has 41 heavy (non-hydrogen) atoms. The molecular formula is C31H31FN8S. The zero-order chi connectivity index (χ0) is 28.6. The Hall–Kier alpha value is -4.38. The molecular weight excluding hydrogens is 535 g/mol. The van der Waals surface area contributed by atoms with Crippen LogP contribution >= 0.6 is 9.39 Å². The first-order valence-electron chi connectivity index (χ1n) is 13.2. The van der Waals surface area contributed by atoms with Crippen LogP contribution in [0, 0.1) is 5.82 Å². The lowest BCUT2D eigenvalue weighted by Crippen LogP contribution is -2.11. The molecule has 0 bridgehead atoms. The van der Waals surface area contributed by atoms with Crippen LogP contribution in [-0.4, -0.2) is 54.7 Å². The van der Waals surface area contributed by atoms with Crippen LogP contribution in [0.5, 0.6) is 0 Å². The maximum absolute atomic E-state index is 14.7. The number of pyridine rings is 3. The molecule has 6 rings (SSSR count). The number of nitrogens with zero attached hydrogens (tertiary/aromatic N) is 4. The van der Waals surface area contributed by atoms with E-state index in [0.717, 1.165) is 74.1 Å². The third-order valence-corrected chi connectivity index (χ3v) is 7.67. The first-order valence-corrected chi connectivity index (χ1v) is 15.6. The number of H-pyrrole nitrogens is 2. The van der Waals surface area contributed by atoms with Crippen molar-refractivity contribution in [2.45, 2.75) is 20.0 Å². The molecule has 0 fully saturated rings. The van der Waals surface area contributed by atoms with Crippen LogP contribution in [0.4, 0.5) is 4.39 Å². The molecule has 10 heteroatoms. The van der Waals surface area contributed by atoms with Crippen molar-refractivity contribution in [1.29, 1.82) is 0 Å². The third kappa shape index (κ3) is 5.76. The van der Waals surface area contributed by atoms with E-state index in [9.17, 15) is 4.39 Å². The molecule has 208 valence electrons. The molecule has 4 N–H and O–H groups in total. The van der Waals surface area contributed by atoms with Crippen LogP contribution < -0.4 is 10.0 Å². The molecule has 6 aromatic rings. The Labute approximate surface area is 238 Å². The lowest BCUT2D eigenvalue weighted by Gasteiger charge is -2.12. The molecule has 0 aliphatic carbocycles. The fourth-order valence-corrected chi connectivity index (χ4v) is 5.37. The number of aromatic nitrogens is 6. The van der Waals surface area contributed by atoms with Gasteiger partial charge >= 0.3 is 0 Å². The van der Waals surface area contributed by atoms with Crippen LogP contribution in [0.2, 0.25) is 0 Å². The quantitative estimate of drug-likeness (QED) is 0.165. The maximum Gasteiger partial charge on any atom is 0.181 e. The summed E-state index contributed by atoms with van der Waals surface area (Å²) in [7, 11) is -1.42. The van der Waals surface area contributed by atoms with Gasteiger partial charge in [0.15, 0.2) is 5.65 Å². The average molecular weight is 567 g/mol. The van der Waals surface area contributed by atoms with Crippen molar-refractivity contribution < 1.29 is 4.39 Å². The monoisotopic (exact) mass is 566 g/mol. The fourth-order valence-electron chi connectivity index (χ4n) is 4.86. The highest BCUT2D eigenvalue weighted by Gasteiger charge is 2.16. The normalized spacial score (nSPS) is 12.0. The van der Waals surface area contributed by atoms with Gasteiger partial charge in [0, 0.05) is 65.3 Å². The van der Waals surface area contributed by atoms with Crippen molar-refractivity contribution in [1.82, 2.24) is 40.2 Å². The van der Waals surface area contributed by atoms with Crippen LogP contribution in [0.15, 0.2) is 67.4 Å². The smallest absolute Gasteiger partial charge is 0.181 e. The van der Waals surface area contributed by atoms with Gasteiger partial charge in [-0.3, -0.25) is 19.8 Å². The molecule has 0 aliphatic heterocycles. The number of hydrogen-bond acceptors (Lipinski definition) is 6. The van der Waals surface area contributed by atoms with Crippen molar-refractivity contribution in [3.8, 4) is 33.6 Å². The average Bonchev–Trinajstić information content (AvgIpc) is 3.58. The van der Waals surface area contributed by atoms with E-state index in [1.807, 2.05) is 37.0 Å². The second-order valence-corrected chi connectivity index (χ2v) is 13.2. The molecule has 0 atom stereocenters. The van der Waals surface area contributed by atoms with E-state index in [-0.39, 0.29) is 5.82 Å². The zero-order valence-corrected chi connectivity index (χ0v) is 23.8. The number of hydrogen-bond donors (Lipinski definition) is 4. The van der Waals surface area contributed by atoms with Gasteiger partial charge in [-0.15, -0.1) is 0 Å². The number of fused-ring (bicyclic) bond motifs is 2. The molecule has 0 radical (unpaired) electrons. The summed E-state index contributed by atoms with van der Waals surface area (Å²) in [4.78, 5) is 16.9. The van der Waals surface area contributed by atoms with Gasteiger partial charge < -0.3 is 10.3 Å². The van der Waals surface area contributed by atoms with Gasteiger partial charge in [-0.25, -0.2) is 9.37 Å². The van der Waals surface area contributed by atoms with E-state index < -0.39 is 9.39 Å². The van der Waals surface area contributed by atoms with Crippen molar-refractivity contribution in [2.24, 2.45) is 0 Å². The van der Waals surface area contributed by atoms with E-state index in [1.54, 1.807) is 12.4 Å². The van der Waals surface area contributed by atoms with E-state index in [0.29, 0.717) is 12.2 Å². The summed E-state index contributed by atoms with van der Waals surface area (Å²) in [5.41, 5.74) is 8.54. The molecule has 1 aromatic carbocycles. The van der Waals surface area contributed by atoms with Gasteiger partial charge in [0.2, 0.25) is 0 Å². The first kappa shape index (κ1) is 26.8. The highest BCUT2D eigenvalue weighted by atomic mass is 32.2. The number of aromatic amines is 2. The second-order valence-electron chi connectivity index (χ2n) is 10.3. The van der Waals surface area contributed by atoms with Gasteiger partial charge in [-0.2, -0.15) is 14.5 Å². The van der Waals surface area contributed by atoms with Crippen LogP contribution in [-0.2, 0) is 13.1 Å². The first-order chi connectivity index (χ1) is 19.8. The lowest BCUT2D eigenvalue weighted by molar-refractivity contribution is 0.625. The number of halogens is 1. The summed E-state index contributed by atoms with van der Waals surface area (Å²) in [5, 5.41) is 12.7. The number of benzene rings is 1. The minimum atomic E-state index is -1.42. The molecule has 0 unspecified atom stereocenters. The Morgan fingerprint density at radius 2 is 1.66 bits per heavy atom. The summed E-state index contributed by atoms with van der Waals surface area (Å²) < 4.78 is 18.0. The van der Waals surface area contributed by atoms with Crippen molar-refractivity contribution in [3.63, 3.8) is 0 Å². The van der Waals surface area contributed by atoms with Crippen molar-refractivity contribution >= 4 is 43.1 Å². The largest absolute Gasteiger partial charge is 0.352 e. The Morgan fingerprint density at radius 1 is 0.854 bits per heavy atom. The Kier molecular flexibility index (Phi) is 7.12. The minimum Gasteiger partial charge on any atom is -0.352 e. The maximum atomic E-state index is 14.7. The highest BCUT2D eigenvalue weighted by Crippen LogP contribution is 2.35. The molecule has 8 nitrogen and oxygen atoms in total. The topological polar surface area (TPSA) is 107 Å². The van der Waals surface area contributed by atoms with Gasteiger partial charge in [-0.05, 0) is 65.9 Å². The summed E-state index contributed by atoms with van der Waals surface area (Å²) in [6, 6.07) is 11.3. The van der Waals surface area contributed by atoms with Crippen LogP contribution in [0.1, 0.15) is 18.1 Å². The lowest BCUT2D eigenvalue weighted by atomic mass is 10.0. The summed E-state index contributed by atoms with van der Waals surface area (Å²) in [5.74, 6) is 7.79. The van der Waals surface area contributed by atoms with E-state index in [2.05, 4.69) is 71.0 Å². The Bertz CT molecular complexity index is 1990. The molecule has 5 heterocycles. The van der Waals surface area contributed by atoms with Crippen LogP contribution in [0.25, 0.3) is 55.6 Å². The van der Waals surface area contributed by atoms with Crippen molar-refractivity contribution in [2.75, 3.05) is 12.8 Å². The van der Waals surface area contributed by atoms with Gasteiger partial charge in [-0.1, -0.05) is 18.7 Å². The fraction of sp³-hybridized carbons (Fsp3) is 0.161. The molecule has 0 spiro atoms. The highest BCUT2D eigenvalue weighted by molar-refractivity contribution is 8.25. The number of rotatable bonds is 9. The van der Waals surface area contributed by atoms with Gasteiger partial charge in [0.25, 0.3) is 0 Å². The second kappa shape index (κ2) is 10.9. The van der Waals surface area contributed by atoms with Gasteiger partial charge in [0.05, 0.1) is 23.1 Å². The minimum absolute atomic E-state index is 0.306. The molecule has 5 aromatic heterocycles. The van der Waals surface area contributed by atoms with E-state index in [1.165, 1.54) is 12.1 Å². The predicted molar refractivity (Wildman–Crippen MR) is 170 cm³/mol. The van der Waals surface area contributed by atoms with Gasteiger partial charge in [0.1, 0.15) is 5.82 Å². The van der Waals surface area contributed by atoms with E-state index in [4.69, 9.17) is 0 Å². The SMILES string of the molecule is C=S(=C)(C)NCc1cc(F)cc(-c2cncc3[nH]c(-c4[nH]nc5ncc(-c6cncc(CNCC)c6)cc45)cc23)c1. The Morgan fingerprint density at radius 3 is 2.49 bits per heavy atom. The Balaban J connectivity index is 1.39. The molecule has 0 aliphatic rings. The molecule has 0 saturated heterocycles.